The predicted molar refractivity (Wildman–Crippen MR) is 42.1 cm³/mol. The summed E-state index contributed by atoms with van der Waals surface area (Å²) < 4.78 is 2.49. The summed E-state index contributed by atoms with van der Waals surface area (Å²) in [6, 6.07) is 0.812. The molecule has 0 aliphatic carbocycles. The lowest BCUT2D eigenvalue weighted by Gasteiger charge is -2.21. The second kappa shape index (κ2) is 4.10. The Hall–Kier alpha value is 0.177. The summed E-state index contributed by atoms with van der Waals surface area (Å²) in [7, 11) is 1.22. The molecule has 50 valence electrons. The van der Waals surface area contributed by atoms with Crippen molar-refractivity contribution in [3.8, 4) is 0 Å². The van der Waals surface area contributed by atoms with Crippen molar-refractivity contribution in [3.63, 3.8) is 0 Å². The van der Waals surface area contributed by atoms with Crippen molar-refractivity contribution in [1.29, 1.82) is 0 Å². The van der Waals surface area contributed by atoms with Gasteiger partial charge in [-0.2, -0.15) is 0 Å². The highest BCUT2D eigenvalue weighted by atomic mass is 28.2. The molecule has 0 amide bonds. The van der Waals surface area contributed by atoms with Crippen molar-refractivity contribution in [3.05, 3.63) is 0 Å². The van der Waals surface area contributed by atoms with Gasteiger partial charge in [-0.3, -0.25) is 0 Å². The molecular formula is C6H17NSi. The molecular weight excluding hydrogens is 114 g/mol. The van der Waals surface area contributed by atoms with E-state index in [1.54, 1.807) is 0 Å². The number of nitrogens with zero attached hydrogens (tertiary/aromatic N) is 1. The summed E-state index contributed by atoms with van der Waals surface area (Å²) in [5, 5.41) is 0. The van der Waals surface area contributed by atoms with E-state index in [2.05, 4.69) is 25.3 Å². The Morgan fingerprint density at radius 2 is 2.00 bits per heavy atom. The van der Waals surface area contributed by atoms with Crippen molar-refractivity contribution >= 4 is 10.4 Å². The molecule has 0 saturated heterocycles. The zero-order valence-corrected chi connectivity index (χ0v) is 8.44. The maximum atomic E-state index is 2.49. The fourth-order valence-corrected chi connectivity index (χ4v) is 0.988. The Labute approximate surface area is 55.6 Å². The topological polar surface area (TPSA) is 3.24 Å². The van der Waals surface area contributed by atoms with Gasteiger partial charge in [-0.15, -0.1) is 0 Å². The highest BCUT2D eigenvalue weighted by Crippen LogP contribution is 1.96. The van der Waals surface area contributed by atoms with Crippen LogP contribution in [0.15, 0.2) is 0 Å². The quantitative estimate of drug-likeness (QED) is 0.501. The third kappa shape index (κ3) is 2.48. The Kier molecular flexibility index (Phi) is 4.19. The second-order valence-electron chi connectivity index (χ2n) is 2.33. The fraction of sp³-hybridized carbons (Fsp3) is 1.00. The standard InChI is InChI=1S/C6H17NSi/c1-4-6(3)7(8)5-2/h6H,4-5H2,1-3,8H3. The van der Waals surface area contributed by atoms with Gasteiger partial charge in [-0.05, 0) is 19.0 Å². The molecule has 8 heavy (non-hydrogen) atoms. The molecule has 0 N–H and O–H groups in total. The fourth-order valence-electron chi connectivity index (χ4n) is 0.623. The summed E-state index contributed by atoms with van der Waals surface area (Å²) in [6.45, 7) is 7.97. The molecule has 1 atom stereocenters. The molecule has 0 radical (unpaired) electrons. The van der Waals surface area contributed by atoms with Crippen molar-refractivity contribution in [2.45, 2.75) is 33.2 Å². The van der Waals surface area contributed by atoms with Gasteiger partial charge in [0, 0.05) is 0 Å². The van der Waals surface area contributed by atoms with Crippen LogP contribution in [0.25, 0.3) is 0 Å². The molecule has 0 fully saturated rings. The molecule has 0 aliphatic heterocycles. The van der Waals surface area contributed by atoms with E-state index < -0.39 is 0 Å². The van der Waals surface area contributed by atoms with E-state index in [-0.39, 0.29) is 0 Å². The van der Waals surface area contributed by atoms with Crippen LogP contribution in [-0.2, 0) is 0 Å². The van der Waals surface area contributed by atoms with Crippen molar-refractivity contribution in [2.75, 3.05) is 6.54 Å². The van der Waals surface area contributed by atoms with E-state index in [1.807, 2.05) is 0 Å². The van der Waals surface area contributed by atoms with E-state index in [9.17, 15) is 0 Å². The molecule has 0 heterocycles. The predicted octanol–water partition coefficient (Wildman–Crippen LogP) is 0.387. The second-order valence-corrected chi connectivity index (χ2v) is 3.48. The maximum absolute atomic E-state index is 2.49. The minimum absolute atomic E-state index is 0.812. The first-order valence-electron chi connectivity index (χ1n) is 3.42. The van der Waals surface area contributed by atoms with Gasteiger partial charge in [0.05, 0.1) is 10.4 Å². The zero-order valence-electron chi connectivity index (χ0n) is 6.44. The Bertz CT molecular complexity index is 48.5. The molecule has 0 rings (SSSR count). The largest absolute Gasteiger partial charge is 0.330 e. The minimum Gasteiger partial charge on any atom is -0.330 e. The Balaban J connectivity index is 3.29. The van der Waals surface area contributed by atoms with Crippen LogP contribution in [0, 0.1) is 0 Å². The first-order chi connectivity index (χ1) is 3.72. The molecule has 0 spiro atoms. The first-order valence-corrected chi connectivity index (χ1v) is 4.32. The van der Waals surface area contributed by atoms with Crippen LogP contribution < -0.4 is 0 Å². The molecule has 0 bridgehead atoms. The molecule has 1 unspecified atom stereocenters. The summed E-state index contributed by atoms with van der Waals surface area (Å²) >= 11 is 0. The van der Waals surface area contributed by atoms with Gasteiger partial charge < -0.3 is 4.57 Å². The van der Waals surface area contributed by atoms with Gasteiger partial charge in [0.2, 0.25) is 0 Å². The third-order valence-electron chi connectivity index (χ3n) is 1.84. The summed E-state index contributed by atoms with van der Waals surface area (Å²) in [5.74, 6) is 0. The van der Waals surface area contributed by atoms with E-state index in [4.69, 9.17) is 0 Å². The summed E-state index contributed by atoms with van der Waals surface area (Å²) in [4.78, 5) is 0. The summed E-state index contributed by atoms with van der Waals surface area (Å²) in [6.07, 6.45) is 1.29. The molecule has 1 nitrogen and oxygen atoms in total. The van der Waals surface area contributed by atoms with Crippen LogP contribution in [-0.4, -0.2) is 27.6 Å². The highest BCUT2D eigenvalue weighted by Gasteiger charge is 2.00. The van der Waals surface area contributed by atoms with Crippen LogP contribution in [0.3, 0.4) is 0 Å². The third-order valence-corrected chi connectivity index (χ3v) is 3.36. The highest BCUT2D eigenvalue weighted by molar-refractivity contribution is 6.04. The van der Waals surface area contributed by atoms with Gasteiger partial charge in [-0.1, -0.05) is 20.8 Å². The van der Waals surface area contributed by atoms with E-state index in [0.29, 0.717) is 0 Å². The minimum atomic E-state index is 0.812. The normalized spacial score (nSPS) is 15.0. The molecule has 2 heteroatoms. The monoisotopic (exact) mass is 131 g/mol. The Morgan fingerprint density at radius 3 is 2.12 bits per heavy atom. The van der Waals surface area contributed by atoms with E-state index in [0.717, 1.165) is 6.04 Å². The first kappa shape index (κ1) is 8.18. The molecule has 0 aromatic heterocycles. The van der Waals surface area contributed by atoms with Gasteiger partial charge in [0.15, 0.2) is 0 Å². The van der Waals surface area contributed by atoms with Crippen molar-refractivity contribution < 1.29 is 0 Å². The average Bonchev–Trinajstić information content (AvgIpc) is 1.84. The van der Waals surface area contributed by atoms with Crippen molar-refractivity contribution in [2.24, 2.45) is 0 Å². The van der Waals surface area contributed by atoms with Crippen LogP contribution in [0.4, 0.5) is 0 Å². The van der Waals surface area contributed by atoms with E-state index in [1.165, 1.54) is 23.4 Å². The van der Waals surface area contributed by atoms with Crippen LogP contribution in [0.5, 0.6) is 0 Å². The average molecular weight is 131 g/mol. The van der Waals surface area contributed by atoms with Crippen LogP contribution in [0.1, 0.15) is 27.2 Å². The van der Waals surface area contributed by atoms with Gasteiger partial charge in [0.1, 0.15) is 0 Å². The lowest BCUT2D eigenvalue weighted by atomic mass is 10.3. The van der Waals surface area contributed by atoms with Gasteiger partial charge >= 0.3 is 0 Å². The number of rotatable bonds is 3. The lowest BCUT2D eigenvalue weighted by molar-refractivity contribution is 0.365. The van der Waals surface area contributed by atoms with Crippen LogP contribution in [0.2, 0.25) is 0 Å². The number of hydrogen-bond donors (Lipinski definition) is 0. The number of hydrogen-bond acceptors (Lipinski definition) is 1. The molecule has 0 aromatic rings. The SMILES string of the molecule is CCC(C)N([SiH3])CC. The zero-order chi connectivity index (χ0) is 6.57. The van der Waals surface area contributed by atoms with Crippen molar-refractivity contribution in [1.82, 2.24) is 4.57 Å². The molecule has 0 aromatic carbocycles. The Morgan fingerprint density at radius 1 is 1.50 bits per heavy atom. The van der Waals surface area contributed by atoms with Crippen LogP contribution >= 0.6 is 0 Å². The summed E-state index contributed by atoms with van der Waals surface area (Å²) in [5.41, 5.74) is 0. The van der Waals surface area contributed by atoms with E-state index >= 15 is 0 Å². The molecule has 0 saturated carbocycles. The smallest absolute Gasteiger partial charge is 0.0787 e. The van der Waals surface area contributed by atoms with Gasteiger partial charge in [-0.25, -0.2) is 0 Å². The lowest BCUT2D eigenvalue weighted by Crippen LogP contribution is -2.29. The molecule has 0 aliphatic rings. The van der Waals surface area contributed by atoms with Gasteiger partial charge in [0.25, 0.3) is 0 Å². The maximum Gasteiger partial charge on any atom is 0.0787 e.